The lowest BCUT2D eigenvalue weighted by atomic mass is 10.1. The third-order valence-electron chi connectivity index (χ3n) is 4.04. The Hall–Kier alpha value is -2.55. The van der Waals surface area contributed by atoms with Crippen molar-refractivity contribution in [1.82, 2.24) is 9.29 Å². The molecule has 6 nitrogen and oxygen atoms in total. The Labute approximate surface area is 162 Å². The number of aromatic nitrogens is 1. The fourth-order valence-corrected chi connectivity index (χ4v) is 4.08. The van der Waals surface area contributed by atoms with E-state index in [-0.39, 0.29) is 10.8 Å². The van der Waals surface area contributed by atoms with Gasteiger partial charge < -0.3 is 0 Å². The van der Waals surface area contributed by atoms with Crippen molar-refractivity contribution in [2.24, 2.45) is 0 Å². The second-order valence-electron chi connectivity index (χ2n) is 6.12. The minimum atomic E-state index is -3.52. The number of benzene rings is 2. The number of anilines is 1. The maximum absolute atomic E-state index is 12.4. The van der Waals surface area contributed by atoms with Crippen LogP contribution in [-0.2, 0) is 10.0 Å². The van der Waals surface area contributed by atoms with E-state index in [2.05, 4.69) is 10.3 Å². The lowest BCUT2D eigenvalue weighted by Gasteiger charge is -2.11. The van der Waals surface area contributed by atoms with Gasteiger partial charge in [-0.05, 0) is 36.8 Å². The Morgan fingerprint density at radius 3 is 2.37 bits per heavy atom. The number of amides is 1. The number of sulfonamides is 1. The van der Waals surface area contributed by atoms with E-state index in [1.54, 1.807) is 0 Å². The van der Waals surface area contributed by atoms with Crippen molar-refractivity contribution in [2.45, 2.75) is 11.8 Å². The van der Waals surface area contributed by atoms with Crippen LogP contribution < -0.4 is 5.32 Å². The van der Waals surface area contributed by atoms with Crippen molar-refractivity contribution in [3.8, 4) is 11.3 Å². The van der Waals surface area contributed by atoms with Gasteiger partial charge in [0.05, 0.1) is 10.6 Å². The highest BCUT2D eigenvalue weighted by atomic mass is 32.2. The summed E-state index contributed by atoms with van der Waals surface area (Å²) in [5, 5.41) is 5.14. The molecule has 0 bridgehead atoms. The van der Waals surface area contributed by atoms with Gasteiger partial charge in [0.1, 0.15) is 0 Å². The SMILES string of the molecule is Cc1ccccc1-c1csc(NC(=O)c2ccc(S(=O)(=O)N(C)C)cc2)n1. The van der Waals surface area contributed by atoms with Crippen molar-refractivity contribution in [2.75, 3.05) is 19.4 Å². The third kappa shape index (κ3) is 4.08. The summed E-state index contributed by atoms with van der Waals surface area (Å²) >= 11 is 1.34. The quantitative estimate of drug-likeness (QED) is 0.708. The van der Waals surface area contributed by atoms with E-state index in [1.807, 2.05) is 36.6 Å². The summed E-state index contributed by atoms with van der Waals surface area (Å²) in [6, 6.07) is 13.7. The van der Waals surface area contributed by atoms with Crippen LogP contribution in [0.5, 0.6) is 0 Å². The molecule has 27 heavy (non-hydrogen) atoms. The largest absolute Gasteiger partial charge is 0.298 e. The fraction of sp³-hybridized carbons (Fsp3) is 0.158. The maximum atomic E-state index is 12.4. The van der Waals surface area contributed by atoms with Gasteiger partial charge in [0.25, 0.3) is 5.91 Å². The molecule has 0 saturated heterocycles. The normalized spacial score (nSPS) is 11.6. The molecule has 3 rings (SSSR count). The molecular formula is C19H19N3O3S2. The van der Waals surface area contributed by atoms with E-state index < -0.39 is 10.0 Å². The number of nitrogens with one attached hydrogen (secondary N) is 1. The number of carbonyl (C=O) groups is 1. The molecule has 0 radical (unpaired) electrons. The van der Waals surface area contributed by atoms with Crippen LogP contribution in [0.2, 0.25) is 0 Å². The monoisotopic (exact) mass is 401 g/mol. The molecule has 0 spiro atoms. The van der Waals surface area contributed by atoms with Crippen LogP contribution in [0.25, 0.3) is 11.3 Å². The van der Waals surface area contributed by atoms with Gasteiger partial charge in [-0.3, -0.25) is 10.1 Å². The van der Waals surface area contributed by atoms with Gasteiger partial charge in [-0.1, -0.05) is 24.3 Å². The first kappa shape index (κ1) is 19.2. The number of hydrogen-bond donors (Lipinski definition) is 1. The van der Waals surface area contributed by atoms with Gasteiger partial charge >= 0.3 is 0 Å². The molecule has 1 N–H and O–H groups in total. The van der Waals surface area contributed by atoms with Gasteiger partial charge in [-0.2, -0.15) is 0 Å². The van der Waals surface area contributed by atoms with Crippen LogP contribution in [-0.4, -0.2) is 37.7 Å². The van der Waals surface area contributed by atoms with Crippen LogP contribution in [0.1, 0.15) is 15.9 Å². The molecule has 140 valence electrons. The Kier molecular flexibility index (Phi) is 5.41. The van der Waals surface area contributed by atoms with E-state index in [0.717, 1.165) is 21.1 Å². The molecule has 0 aliphatic carbocycles. The van der Waals surface area contributed by atoms with Crippen molar-refractivity contribution >= 4 is 32.4 Å². The van der Waals surface area contributed by atoms with Crippen molar-refractivity contribution in [3.05, 3.63) is 65.0 Å². The van der Waals surface area contributed by atoms with Crippen molar-refractivity contribution in [1.29, 1.82) is 0 Å². The number of carbonyl (C=O) groups excluding carboxylic acids is 1. The molecule has 1 amide bonds. The van der Waals surface area contributed by atoms with Gasteiger partial charge in [0, 0.05) is 30.6 Å². The van der Waals surface area contributed by atoms with Crippen LogP contribution in [0.4, 0.5) is 5.13 Å². The summed E-state index contributed by atoms with van der Waals surface area (Å²) in [6.07, 6.45) is 0. The van der Waals surface area contributed by atoms with E-state index in [4.69, 9.17) is 0 Å². The summed E-state index contributed by atoms with van der Waals surface area (Å²) < 4.78 is 25.3. The molecule has 1 aromatic heterocycles. The van der Waals surface area contributed by atoms with Gasteiger partial charge in [-0.25, -0.2) is 17.7 Å². The fourth-order valence-electron chi connectivity index (χ4n) is 2.47. The Balaban J connectivity index is 1.76. The number of thiazole rings is 1. The second kappa shape index (κ2) is 7.59. The number of hydrogen-bond acceptors (Lipinski definition) is 5. The predicted molar refractivity (Wildman–Crippen MR) is 108 cm³/mol. The number of nitrogens with zero attached hydrogens (tertiary/aromatic N) is 2. The molecule has 3 aromatic rings. The molecular weight excluding hydrogens is 382 g/mol. The van der Waals surface area contributed by atoms with Crippen molar-refractivity contribution < 1.29 is 13.2 Å². The van der Waals surface area contributed by atoms with Crippen LogP contribution in [0, 0.1) is 6.92 Å². The second-order valence-corrected chi connectivity index (χ2v) is 9.13. The summed E-state index contributed by atoms with van der Waals surface area (Å²) in [6.45, 7) is 2.01. The Bertz CT molecular complexity index is 1070. The molecule has 0 fully saturated rings. The zero-order valence-corrected chi connectivity index (χ0v) is 16.8. The van der Waals surface area contributed by atoms with Gasteiger partial charge in [0.15, 0.2) is 5.13 Å². The van der Waals surface area contributed by atoms with E-state index in [9.17, 15) is 13.2 Å². The third-order valence-corrected chi connectivity index (χ3v) is 6.63. The highest BCUT2D eigenvalue weighted by Crippen LogP contribution is 2.27. The van der Waals surface area contributed by atoms with Crippen molar-refractivity contribution in [3.63, 3.8) is 0 Å². The number of aryl methyl sites for hydroxylation is 1. The van der Waals surface area contributed by atoms with E-state index >= 15 is 0 Å². The Morgan fingerprint density at radius 1 is 1.07 bits per heavy atom. The molecule has 2 aromatic carbocycles. The average molecular weight is 402 g/mol. The first-order chi connectivity index (χ1) is 12.8. The van der Waals surface area contributed by atoms with E-state index in [1.165, 1.54) is 49.7 Å². The zero-order valence-electron chi connectivity index (χ0n) is 15.1. The molecule has 0 atom stereocenters. The molecule has 0 aliphatic heterocycles. The Morgan fingerprint density at radius 2 is 1.74 bits per heavy atom. The lowest BCUT2D eigenvalue weighted by molar-refractivity contribution is 0.102. The maximum Gasteiger partial charge on any atom is 0.257 e. The molecule has 0 saturated carbocycles. The summed E-state index contributed by atoms with van der Waals surface area (Å²) in [4.78, 5) is 17.0. The standard InChI is InChI=1S/C19H19N3O3S2/c1-13-6-4-5-7-16(13)17-12-26-19(20-17)21-18(23)14-8-10-15(11-9-14)27(24,25)22(2)3/h4-12H,1-3H3,(H,20,21,23). The highest BCUT2D eigenvalue weighted by Gasteiger charge is 2.18. The minimum Gasteiger partial charge on any atom is -0.298 e. The zero-order chi connectivity index (χ0) is 19.6. The molecule has 1 heterocycles. The molecule has 0 unspecified atom stereocenters. The first-order valence-electron chi connectivity index (χ1n) is 8.14. The van der Waals surface area contributed by atoms with Crippen LogP contribution in [0.3, 0.4) is 0 Å². The minimum absolute atomic E-state index is 0.139. The molecule has 0 aliphatic rings. The van der Waals surface area contributed by atoms with E-state index in [0.29, 0.717) is 10.7 Å². The first-order valence-corrected chi connectivity index (χ1v) is 10.5. The van der Waals surface area contributed by atoms with Gasteiger partial charge in [0.2, 0.25) is 10.0 Å². The lowest BCUT2D eigenvalue weighted by Crippen LogP contribution is -2.22. The molecule has 8 heteroatoms. The average Bonchev–Trinajstić information content (AvgIpc) is 3.10. The predicted octanol–water partition coefficient (Wildman–Crippen LogP) is 3.62. The smallest absolute Gasteiger partial charge is 0.257 e. The summed E-state index contributed by atoms with van der Waals surface area (Å²) in [7, 11) is -0.593. The number of rotatable bonds is 5. The van der Waals surface area contributed by atoms with Gasteiger partial charge in [-0.15, -0.1) is 11.3 Å². The van der Waals surface area contributed by atoms with Crippen LogP contribution in [0.15, 0.2) is 58.8 Å². The summed E-state index contributed by atoms with van der Waals surface area (Å²) in [5.41, 5.74) is 3.30. The highest BCUT2D eigenvalue weighted by molar-refractivity contribution is 7.89. The van der Waals surface area contributed by atoms with Crippen LogP contribution >= 0.6 is 11.3 Å². The topological polar surface area (TPSA) is 79.4 Å². The summed E-state index contributed by atoms with van der Waals surface area (Å²) in [5.74, 6) is -0.338.